The van der Waals surface area contributed by atoms with Crippen LogP contribution in [-0.2, 0) is 19.1 Å². The molecule has 1 aromatic carbocycles. The average Bonchev–Trinajstić information content (AvgIpc) is 2.46. The molecule has 1 atom stereocenters. The Kier molecular flexibility index (Phi) is 6.38. The van der Waals surface area contributed by atoms with Crippen molar-refractivity contribution in [3.8, 4) is 5.75 Å². The lowest BCUT2D eigenvalue weighted by Gasteiger charge is -2.24. The summed E-state index contributed by atoms with van der Waals surface area (Å²) in [4.78, 5) is 23.3. The van der Waals surface area contributed by atoms with E-state index in [1.165, 1.54) is 13.8 Å². The zero-order valence-electron chi connectivity index (χ0n) is 13.0. The van der Waals surface area contributed by atoms with Crippen molar-refractivity contribution >= 4 is 11.9 Å². The van der Waals surface area contributed by atoms with Crippen molar-refractivity contribution in [1.29, 1.82) is 0 Å². The van der Waals surface area contributed by atoms with E-state index in [-0.39, 0.29) is 11.1 Å². The number of ether oxygens (including phenoxy) is 3. The molecule has 0 saturated carbocycles. The molecule has 0 N–H and O–H groups in total. The Morgan fingerprint density at radius 3 is 1.82 bits per heavy atom. The minimum absolute atomic E-state index is 0.197. The second kappa shape index (κ2) is 8.02. The summed E-state index contributed by atoms with van der Waals surface area (Å²) in [6.45, 7) is 11.6. The van der Waals surface area contributed by atoms with Crippen molar-refractivity contribution in [2.24, 2.45) is 0 Å². The zero-order chi connectivity index (χ0) is 16.7. The van der Waals surface area contributed by atoms with E-state index >= 15 is 0 Å². The lowest BCUT2D eigenvalue weighted by molar-refractivity contribution is -0.196. The van der Waals surface area contributed by atoms with Gasteiger partial charge in [0.15, 0.2) is 6.10 Å². The lowest BCUT2D eigenvalue weighted by Crippen LogP contribution is -2.37. The van der Waals surface area contributed by atoms with Crippen LogP contribution in [0.1, 0.15) is 20.8 Å². The fourth-order valence-electron chi connectivity index (χ4n) is 1.40. The second-order valence-corrected chi connectivity index (χ2v) is 4.88. The van der Waals surface area contributed by atoms with Crippen LogP contribution in [0.2, 0.25) is 0 Å². The first-order chi connectivity index (χ1) is 10.3. The van der Waals surface area contributed by atoms with Crippen LogP contribution in [0.3, 0.4) is 0 Å². The van der Waals surface area contributed by atoms with Gasteiger partial charge in [-0.25, -0.2) is 9.59 Å². The molecule has 0 radical (unpaired) electrons. The Morgan fingerprint density at radius 2 is 1.41 bits per heavy atom. The molecule has 5 heteroatoms. The van der Waals surface area contributed by atoms with Gasteiger partial charge in [0.25, 0.3) is 6.29 Å². The SMILES string of the molecule is C=C(C)C(=O)OC(OC(=O)C(=C)C)C(C)Oc1ccccc1. The van der Waals surface area contributed by atoms with E-state index < -0.39 is 24.3 Å². The van der Waals surface area contributed by atoms with Gasteiger partial charge in [0.2, 0.25) is 0 Å². The number of hydrogen-bond donors (Lipinski definition) is 0. The first-order valence-corrected chi connectivity index (χ1v) is 6.76. The average molecular weight is 304 g/mol. The number of para-hydroxylation sites is 1. The summed E-state index contributed by atoms with van der Waals surface area (Å²) in [5.74, 6) is -0.760. The predicted octanol–water partition coefficient (Wildman–Crippen LogP) is 3.02. The monoisotopic (exact) mass is 304 g/mol. The summed E-state index contributed by atoms with van der Waals surface area (Å²) in [5.41, 5.74) is 0.395. The van der Waals surface area contributed by atoms with Crippen molar-refractivity contribution in [2.75, 3.05) is 0 Å². The molecule has 0 saturated heterocycles. The van der Waals surface area contributed by atoms with E-state index in [4.69, 9.17) is 14.2 Å². The molecule has 0 amide bonds. The molecule has 1 aromatic rings. The molecular weight excluding hydrogens is 284 g/mol. The van der Waals surface area contributed by atoms with Crippen LogP contribution in [0.5, 0.6) is 5.75 Å². The Bertz CT molecular complexity index is 534. The van der Waals surface area contributed by atoms with Gasteiger partial charge in [0.1, 0.15) is 5.75 Å². The largest absolute Gasteiger partial charge is 0.483 e. The van der Waals surface area contributed by atoms with Crippen LogP contribution >= 0.6 is 0 Å². The summed E-state index contributed by atoms with van der Waals surface area (Å²) in [6.07, 6.45) is -1.90. The van der Waals surface area contributed by atoms with E-state index in [9.17, 15) is 9.59 Å². The molecule has 1 rings (SSSR count). The Labute approximate surface area is 130 Å². The minimum atomic E-state index is -1.20. The molecule has 1 unspecified atom stereocenters. The van der Waals surface area contributed by atoms with Crippen LogP contribution in [-0.4, -0.2) is 24.3 Å². The zero-order valence-corrected chi connectivity index (χ0v) is 13.0. The third-order valence-corrected chi connectivity index (χ3v) is 2.59. The van der Waals surface area contributed by atoms with E-state index in [1.54, 1.807) is 31.2 Å². The summed E-state index contributed by atoms with van der Waals surface area (Å²) < 4.78 is 15.9. The van der Waals surface area contributed by atoms with E-state index in [2.05, 4.69) is 13.2 Å². The molecule has 0 heterocycles. The van der Waals surface area contributed by atoms with Gasteiger partial charge in [0.05, 0.1) is 0 Å². The highest BCUT2D eigenvalue weighted by atomic mass is 16.7. The van der Waals surface area contributed by atoms with Gasteiger partial charge >= 0.3 is 11.9 Å². The second-order valence-electron chi connectivity index (χ2n) is 4.88. The molecule has 0 spiro atoms. The van der Waals surface area contributed by atoms with Gasteiger partial charge in [-0.2, -0.15) is 0 Å². The van der Waals surface area contributed by atoms with E-state index in [1.807, 2.05) is 6.07 Å². The highest BCUT2D eigenvalue weighted by Crippen LogP contribution is 2.16. The van der Waals surface area contributed by atoms with Crippen molar-refractivity contribution in [3.05, 3.63) is 54.6 Å². The first-order valence-electron chi connectivity index (χ1n) is 6.76. The fraction of sp³-hybridized carbons (Fsp3) is 0.294. The van der Waals surface area contributed by atoms with Gasteiger partial charge in [-0.15, -0.1) is 0 Å². The Hall–Kier alpha value is -2.56. The Morgan fingerprint density at radius 1 is 0.955 bits per heavy atom. The quantitative estimate of drug-likeness (QED) is 0.440. The number of esters is 2. The highest BCUT2D eigenvalue weighted by molar-refractivity contribution is 5.88. The smallest absolute Gasteiger partial charge is 0.336 e. The summed E-state index contributed by atoms with van der Waals surface area (Å²) in [7, 11) is 0. The van der Waals surface area contributed by atoms with Crippen LogP contribution in [0.15, 0.2) is 54.6 Å². The van der Waals surface area contributed by atoms with Gasteiger partial charge in [-0.05, 0) is 32.9 Å². The fourth-order valence-corrected chi connectivity index (χ4v) is 1.40. The maximum atomic E-state index is 11.7. The number of benzene rings is 1. The van der Waals surface area contributed by atoms with E-state index in [0.717, 1.165) is 0 Å². The molecule has 0 aromatic heterocycles. The molecule has 0 aliphatic heterocycles. The number of hydrogen-bond acceptors (Lipinski definition) is 5. The molecule has 0 aliphatic carbocycles. The van der Waals surface area contributed by atoms with Gasteiger partial charge < -0.3 is 14.2 Å². The number of rotatable bonds is 7. The molecule has 5 nitrogen and oxygen atoms in total. The Balaban J connectivity index is 2.83. The summed E-state index contributed by atoms with van der Waals surface area (Å²) in [6, 6.07) is 8.94. The molecule has 22 heavy (non-hydrogen) atoms. The molecule has 0 bridgehead atoms. The van der Waals surface area contributed by atoms with Crippen molar-refractivity contribution in [2.45, 2.75) is 33.2 Å². The topological polar surface area (TPSA) is 61.8 Å². The maximum absolute atomic E-state index is 11.7. The van der Waals surface area contributed by atoms with Crippen molar-refractivity contribution < 1.29 is 23.8 Å². The minimum Gasteiger partial charge on any atom is -0.483 e. The van der Waals surface area contributed by atoms with Crippen molar-refractivity contribution in [3.63, 3.8) is 0 Å². The van der Waals surface area contributed by atoms with Gasteiger partial charge in [-0.1, -0.05) is 31.4 Å². The lowest BCUT2D eigenvalue weighted by atomic mass is 10.3. The predicted molar refractivity (Wildman–Crippen MR) is 82.1 cm³/mol. The first kappa shape index (κ1) is 17.5. The molecular formula is C17H20O5. The third kappa shape index (κ3) is 5.44. The highest BCUT2D eigenvalue weighted by Gasteiger charge is 2.27. The molecule has 0 fully saturated rings. The van der Waals surface area contributed by atoms with Gasteiger partial charge in [0, 0.05) is 11.1 Å². The van der Waals surface area contributed by atoms with E-state index in [0.29, 0.717) is 5.75 Å². The van der Waals surface area contributed by atoms with Gasteiger partial charge in [-0.3, -0.25) is 0 Å². The normalized spacial score (nSPS) is 11.5. The standard InChI is InChI=1S/C17H20O5/c1-11(2)15(18)21-17(22-16(19)12(3)4)13(5)20-14-9-7-6-8-10-14/h6-10,13,17H,1,3H2,2,4-5H3. The summed E-state index contributed by atoms with van der Waals surface area (Å²) in [5, 5.41) is 0. The summed E-state index contributed by atoms with van der Waals surface area (Å²) >= 11 is 0. The molecule has 118 valence electrons. The maximum Gasteiger partial charge on any atom is 0.336 e. The van der Waals surface area contributed by atoms with Crippen LogP contribution in [0, 0.1) is 0 Å². The van der Waals surface area contributed by atoms with Crippen LogP contribution < -0.4 is 4.74 Å². The number of carbonyl (C=O) groups excluding carboxylic acids is 2. The van der Waals surface area contributed by atoms with Crippen molar-refractivity contribution in [1.82, 2.24) is 0 Å². The van der Waals surface area contributed by atoms with Crippen LogP contribution in [0.25, 0.3) is 0 Å². The third-order valence-electron chi connectivity index (χ3n) is 2.59. The van der Waals surface area contributed by atoms with Crippen LogP contribution in [0.4, 0.5) is 0 Å². The molecule has 0 aliphatic rings. The number of carbonyl (C=O) groups is 2.